The summed E-state index contributed by atoms with van der Waals surface area (Å²) in [4.78, 5) is 15.5. The average molecular weight is 422 g/mol. The van der Waals surface area contributed by atoms with E-state index in [0.29, 0.717) is 22.2 Å². The number of carbonyl (C=O) groups is 1. The highest BCUT2D eigenvalue weighted by molar-refractivity contribution is 7.71. The van der Waals surface area contributed by atoms with E-state index >= 15 is 0 Å². The molecule has 0 aliphatic rings. The van der Waals surface area contributed by atoms with Gasteiger partial charge in [0, 0.05) is 11.6 Å². The van der Waals surface area contributed by atoms with E-state index < -0.39 is 0 Å². The largest absolute Gasteiger partial charge is 0.353 e. The van der Waals surface area contributed by atoms with Crippen LogP contribution in [0.4, 0.5) is 0 Å². The molecule has 0 bridgehead atoms. The number of carbonyl (C=O) groups excluding carboxylic acids is 1. The Morgan fingerprint density at radius 3 is 2.81 bits per heavy atom. The van der Waals surface area contributed by atoms with Gasteiger partial charge in [-0.15, -0.1) is 11.3 Å². The number of H-pyrrole nitrogens is 1. The van der Waals surface area contributed by atoms with Crippen molar-refractivity contribution in [2.75, 3.05) is 20.6 Å². The number of nitrogens with zero attached hydrogens (tertiary/aromatic N) is 3. The Kier molecular flexibility index (Phi) is 6.43. The van der Waals surface area contributed by atoms with E-state index in [0.717, 1.165) is 10.4 Å². The monoisotopic (exact) mass is 421 g/mol. The van der Waals surface area contributed by atoms with Gasteiger partial charge >= 0.3 is 0 Å². The first kappa shape index (κ1) is 19.8. The van der Waals surface area contributed by atoms with Crippen LogP contribution in [0.1, 0.15) is 11.6 Å². The van der Waals surface area contributed by atoms with Gasteiger partial charge in [0.1, 0.15) is 6.54 Å². The lowest BCUT2D eigenvalue weighted by atomic mass is 10.1. The van der Waals surface area contributed by atoms with E-state index in [1.165, 1.54) is 0 Å². The van der Waals surface area contributed by atoms with Crippen molar-refractivity contribution < 1.29 is 4.79 Å². The molecule has 1 aromatic carbocycles. The molecule has 1 unspecified atom stereocenters. The predicted octanol–water partition coefficient (Wildman–Crippen LogP) is 3.74. The minimum absolute atomic E-state index is 0.0308. The topological polar surface area (TPSA) is 66.0 Å². The van der Waals surface area contributed by atoms with E-state index in [4.69, 9.17) is 23.8 Å². The van der Waals surface area contributed by atoms with Crippen molar-refractivity contribution in [3.05, 3.63) is 57.1 Å². The predicted molar refractivity (Wildman–Crippen MR) is 112 cm³/mol. The molecule has 0 saturated heterocycles. The lowest BCUT2D eigenvalue weighted by molar-refractivity contribution is -0.121. The zero-order valence-electron chi connectivity index (χ0n) is 15.0. The molecule has 0 aliphatic carbocycles. The fourth-order valence-electron chi connectivity index (χ4n) is 2.78. The molecule has 0 spiro atoms. The van der Waals surface area contributed by atoms with Gasteiger partial charge in [0.05, 0.1) is 10.9 Å². The lowest BCUT2D eigenvalue weighted by Crippen LogP contribution is -2.36. The Morgan fingerprint density at radius 1 is 1.37 bits per heavy atom. The Morgan fingerprint density at radius 2 is 2.15 bits per heavy atom. The number of aromatic nitrogens is 3. The Labute approximate surface area is 171 Å². The van der Waals surface area contributed by atoms with Gasteiger partial charge in [0.25, 0.3) is 0 Å². The van der Waals surface area contributed by atoms with Crippen LogP contribution in [0.2, 0.25) is 5.02 Å². The highest BCUT2D eigenvalue weighted by Crippen LogP contribution is 2.25. The minimum Gasteiger partial charge on any atom is -0.353 e. The SMILES string of the molecule is CN(C)C(CNC(=O)Cn1c(-c2cccs2)n[nH]c1=S)c1ccccc1Cl. The highest BCUT2D eigenvalue weighted by Gasteiger charge is 2.19. The summed E-state index contributed by atoms with van der Waals surface area (Å²) < 4.78 is 2.13. The van der Waals surface area contributed by atoms with E-state index in [-0.39, 0.29) is 18.5 Å². The number of hydrogen-bond donors (Lipinski definition) is 2. The van der Waals surface area contributed by atoms with Crippen molar-refractivity contribution in [2.24, 2.45) is 0 Å². The Bertz CT molecular complexity index is 964. The highest BCUT2D eigenvalue weighted by atomic mass is 35.5. The number of halogens is 1. The van der Waals surface area contributed by atoms with Crippen molar-refractivity contribution in [3.8, 4) is 10.7 Å². The number of aromatic amines is 1. The van der Waals surface area contributed by atoms with E-state index in [1.54, 1.807) is 15.9 Å². The van der Waals surface area contributed by atoms with Gasteiger partial charge in [-0.05, 0) is 49.4 Å². The molecule has 6 nitrogen and oxygen atoms in total. The summed E-state index contributed by atoms with van der Waals surface area (Å²) in [6.07, 6.45) is 0. The van der Waals surface area contributed by atoms with Gasteiger partial charge in [-0.2, -0.15) is 5.10 Å². The summed E-state index contributed by atoms with van der Waals surface area (Å²) in [6.45, 7) is 0.542. The number of thiophene rings is 1. The summed E-state index contributed by atoms with van der Waals surface area (Å²) in [6, 6.07) is 11.5. The van der Waals surface area contributed by atoms with E-state index in [2.05, 4.69) is 15.5 Å². The van der Waals surface area contributed by atoms with Crippen molar-refractivity contribution >= 4 is 41.1 Å². The van der Waals surface area contributed by atoms with Gasteiger partial charge in [0.2, 0.25) is 5.91 Å². The number of amides is 1. The van der Waals surface area contributed by atoms with Crippen LogP contribution in [0.5, 0.6) is 0 Å². The molecular formula is C18H20ClN5OS2. The number of rotatable bonds is 7. The van der Waals surface area contributed by atoms with E-state index in [1.807, 2.05) is 60.8 Å². The second kappa shape index (κ2) is 8.79. The second-order valence-corrected chi connectivity index (χ2v) is 7.96. The summed E-state index contributed by atoms with van der Waals surface area (Å²) in [7, 11) is 3.92. The molecule has 2 aromatic heterocycles. The molecule has 3 rings (SSSR count). The third-order valence-electron chi connectivity index (χ3n) is 4.18. The third-order valence-corrected chi connectivity index (χ3v) is 5.70. The lowest BCUT2D eigenvalue weighted by Gasteiger charge is -2.26. The molecule has 27 heavy (non-hydrogen) atoms. The van der Waals surface area contributed by atoms with Crippen molar-refractivity contribution in [1.29, 1.82) is 0 Å². The average Bonchev–Trinajstić information content (AvgIpc) is 3.27. The Balaban J connectivity index is 1.71. The summed E-state index contributed by atoms with van der Waals surface area (Å²) >= 11 is 13.2. The van der Waals surface area contributed by atoms with Gasteiger partial charge in [0.15, 0.2) is 10.6 Å². The third kappa shape index (κ3) is 4.65. The molecular weight excluding hydrogens is 402 g/mol. The van der Waals surface area contributed by atoms with Crippen LogP contribution in [-0.4, -0.2) is 46.2 Å². The molecule has 0 aliphatic heterocycles. The quantitative estimate of drug-likeness (QED) is 0.570. The number of benzene rings is 1. The van der Waals surface area contributed by atoms with Crippen LogP contribution in [-0.2, 0) is 11.3 Å². The van der Waals surface area contributed by atoms with Crippen LogP contribution in [0, 0.1) is 4.77 Å². The number of nitrogens with one attached hydrogen (secondary N) is 2. The molecule has 0 saturated carbocycles. The normalized spacial score (nSPS) is 12.3. The summed E-state index contributed by atoms with van der Waals surface area (Å²) in [5.41, 5.74) is 0.976. The zero-order valence-corrected chi connectivity index (χ0v) is 17.4. The molecule has 142 valence electrons. The first-order valence-electron chi connectivity index (χ1n) is 8.34. The first-order valence-corrected chi connectivity index (χ1v) is 10.0. The van der Waals surface area contributed by atoms with Crippen LogP contribution in [0.15, 0.2) is 41.8 Å². The molecule has 1 atom stereocenters. The second-order valence-electron chi connectivity index (χ2n) is 6.22. The van der Waals surface area contributed by atoms with Crippen molar-refractivity contribution in [1.82, 2.24) is 25.0 Å². The maximum atomic E-state index is 12.6. The van der Waals surface area contributed by atoms with Gasteiger partial charge in [-0.3, -0.25) is 14.5 Å². The minimum atomic E-state index is -0.135. The number of likely N-dealkylation sites (N-methyl/N-ethyl adjacent to an activating group) is 1. The van der Waals surface area contributed by atoms with Gasteiger partial charge in [-0.25, -0.2) is 0 Å². The van der Waals surface area contributed by atoms with Crippen LogP contribution < -0.4 is 5.32 Å². The maximum Gasteiger partial charge on any atom is 0.240 e. The number of hydrogen-bond acceptors (Lipinski definition) is 5. The van der Waals surface area contributed by atoms with Gasteiger partial charge < -0.3 is 10.2 Å². The smallest absolute Gasteiger partial charge is 0.240 e. The molecule has 0 fully saturated rings. The molecule has 0 radical (unpaired) electrons. The molecule has 2 N–H and O–H groups in total. The molecule has 9 heteroatoms. The first-order chi connectivity index (χ1) is 13.0. The fourth-order valence-corrected chi connectivity index (χ4v) is 3.96. The summed E-state index contributed by atoms with van der Waals surface area (Å²) in [5.74, 6) is 0.532. The fraction of sp³-hybridized carbons (Fsp3) is 0.278. The van der Waals surface area contributed by atoms with Gasteiger partial charge in [-0.1, -0.05) is 35.9 Å². The van der Waals surface area contributed by atoms with Crippen molar-refractivity contribution in [2.45, 2.75) is 12.6 Å². The summed E-state index contributed by atoms with van der Waals surface area (Å²) in [5, 5.41) is 12.6. The van der Waals surface area contributed by atoms with Crippen LogP contribution >= 0.6 is 35.2 Å². The maximum absolute atomic E-state index is 12.6. The van der Waals surface area contributed by atoms with Crippen LogP contribution in [0.3, 0.4) is 0 Å². The standard InChI is InChI=1S/C18H20ClN5OS2/c1-23(2)14(12-6-3-4-7-13(12)19)10-20-16(25)11-24-17(21-22-18(24)26)15-8-5-9-27-15/h3-9,14H,10-11H2,1-2H3,(H,20,25)(H,22,26). The Hall–Kier alpha value is -2.00. The molecule has 3 aromatic rings. The van der Waals surface area contributed by atoms with E-state index in [9.17, 15) is 4.79 Å². The molecule has 1 amide bonds. The van der Waals surface area contributed by atoms with Crippen molar-refractivity contribution in [3.63, 3.8) is 0 Å². The van der Waals surface area contributed by atoms with Crippen LogP contribution in [0.25, 0.3) is 10.7 Å². The zero-order chi connectivity index (χ0) is 19.4. The molecule has 2 heterocycles.